The molecule has 0 aliphatic rings. The van der Waals surface area contributed by atoms with Crippen molar-refractivity contribution in [3.05, 3.63) is 77.3 Å². The van der Waals surface area contributed by atoms with Crippen LogP contribution in [0.5, 0.6) is 5.75 Å². The first-order valence-electron chi connectivity index (χ1n) is 7.87. The summed E-state index contributed by atoms with van der Waals surface area (Å²) in [5.74, 6) is -0.216. The fraction of sp³-hybridized carbons (Fsp3) is 0.0500. The second-order valence-electron chi connectivity index (χ2n) is 5.49. The van der Waals surface area contributed by atoms with Gasteiger partial charge in [-0.25, -0.2) is 4.98 Å². The Kier molecular flexibility index (Phi) is 5.24. The summed E-state index contributed by atoms with van der Waals surface area (Å²) in [7, 11) is 0. The normalized spacial score (nSPS) is 10.8. The number of amides is 1. The summed E-state index contributed by atoms with van der Waals surface area (Å²) in [4.78, 5) is 30.1. The van der Waals surface area contributed by atoms with Gasteiger partial charge in [0.25, 0.3) is 0 Å². The van der Waals surface area contributed by atoms with Gasteiger partial charge >= 0.3 is 0 Å². The van der Waals surface area contributed by atoms with E-state index in [9.17, 15) is 14.7 Å². The third-order valence-corrected chi connectivity index (χ3v) is 4.43. The molecular formula is C20H16N2O3S. The van der Waals surface area contributed by atoms with Crippen LogP contribution >= 0.6 is 11.3 Å². The fourth-order valence-corrected chi connectivity index (χ4v) is 3.20. The van der Waals surface area contributed by atoms with Gasteiger partial charge in [-0.3, -0.25) is 14.5 Å². The number of phenolic OH excluding ortho intramolecular Hbond substituents is 1. The van der Waals surface area contributed by atoms with Crippen LogP contribution in [-0.2, 0) is 4.79 Å². The molecule has 1 aromatic heterocycles. The average molecular weight is 364 g/mol. The summed E-state index contributed by atoms with van der Waals surface area (Å²) in [5.41, 5.74) is 1.81. The van der Waals surface area contributed by atoms with E-state index in [4.69, 9.17) is 0 Å². The van der Waals surface area contributed by atoms with Gasteiger partial charge in [-0.2, -0.15) is 0 Å². The topological polar surface area (TPSA) is 70.5 Å². The van der Waals surface area contributed by atoms with E-state index in [1.165, 1.54) is 41.4 Å². The largest absolute Gasteiger partial charge is 0.508 e. The molecule has 0 atom stereocenters. The Labute approximate surface area is 154 Å². The molecule has 6 heteroatoms. The molecule has 0 unspecified atom stereocenters. The summed E-state index contributed by atoms with van der Waals surface area (Å²) >= 11 is 1.33. The van der Waals surface area contributed by atoms with Crippen LogP contribution in [0.4, 0.5) is 10.8 Å². The van der Waals surface area contributed by atoms with Crippen LogP contribution in [0.3, 0.4) is 0 Å². The number of hydrogen-bond acceptors (Lipinski definition) is 5. The molecule has 3 rings (SSSR count). The number of carbonyl (C=O) groups excluding carboxylic acids is 2. The highest BCUT2D eigenvalue weighted by atomic mass is 32.1. The number of nitrogens with zero attached hydrogens (tertiary/aromatic N) is 2. The van der Waals surface area contributed by atoms with Gasteiger partial charge in [0.1, 0.15) is 5.75 Å². The lowest BCUT2D eigenvalue weighted by atomic mass is 10.1. The maximum absolute atomic E-state index is 12.1. The molecule has 1 amide bonds. The van der Waals surface area contributed by atoms with Crippen LogP contribution in [0, 0.1) is 0 Å². The number of ketones is 1. The smallest absolute Gasteiger partial charge is 0.230 e. The summed E-state index contributed by atoms with van der Waals surface area (Å²) in [5, 5.41) is 11.6. The number of benzene rings is 2. The van der Waals surface area contributed by atoms with Crippen molar-refractivity contribution in [1.29, 1.82) is 0 Å². The monoisotopic (exact) mass is 364 g/mol. The average Bonchev–Trinajstić information content (AvgIpc) is 3.09. The van der Waals surface area contributed by atoms with Gasteiger partial charge in [-0.05, 0) is 48.6 Å². The molecule has 0 aliphatic heterocycles. The molecule has 0 aliphatic carbocycles. The number of allylic oxidation sites excluding steroid dienone is 1. The van der Waals surface area contributed by atoms with Gasteiger partial charge in [0.15, 0.2) is 10.9 Å². The number of phenols is 1. The maximum atomic E-state index is 12.1. The molecule has 0 saturated carbocycles. The van der Waals surface area contributed by atoms with E-state index in [0.717, 1.165) is 5.69 Å². The van der Waals surface area contributed by atoms with Crippen molar-refractivity contribution in [2.24, 2.45) is 0 Å². The number of aromatic nitrogens is 1. The third kappa shape index (κ3) is 4.04. The van der Waals surface area contributed by atoms with Crippen LogP contribution in [0.1, 0.15) is 23.0 Å². The Bertz CT molecular complexity index is 947. The molecule has 2 aromatic carbocycles. The van der Waals surface area contributed by atoms with Crippen molar-refractivity contribution in [2.45, 2.75) is 6.92 Å². The standard InChI is InChI=1S/C20H16N2O3S/c1-14(23)22(17-5-3-2-4-6-17)20-21-16(13-26-20)9-12-19(25)15-7-10-18(24)11-8-15/h2-13,24H,1H3/b12-9+. The molecule has 0 spiro atoms. The highest BCUT2D eigenvalue weighted by Crippen LogP contribution is 2.29. The van der Waals surface area contributed by atoms with E-state index in [0.29, 0.717) is 16.4 Å². The summed E-state index contributed by atoms with van der Waals surface area (Å²) in [6, 6.07) is 15.3. The SMILES string of the molecule is CC(=O)N(c1ccccc1)c1nc(/C=C/C(=O)c2ccc(O)cc2)cs1. The van der Waals surface area contributed by atoms with Gasteiger partial charge in [0.2, 0.25) is 5.91 Å². The van der Waals surface area contributed by atoms with E-state index in [1.54, 1.807) is 23.6 Å². The Morgan fingerprint density at radius 3 is 2.42 bits per heavy atom. The van der Waals surface area contributed by atoms with Crippen molar-refractivity contribution < 1.29 is 14.7 Å². The van der Waals surface area contributed by atoms with Crippen LogP contribution in [0.2, 0.25) is 0 Å². The van der Waals surface area contributed by atoms with E-state index >= 15 is 0 Å². The summed E-state index contributed by atoms with van der Waals surface area (Å²) in [6.07, 6.45) is 3.03. The molecule has 0 radical (unpaired) electrons. The number of carbonyl (C=O) groups is 2. The quantitative estimate of drug-likeness (QED) is 0.537. The Balaban J connectivity index is 1.79. The lowest BCUT2D eigenvalue weighted by Gasteiger charge is -2.17. The second-order valence-corrected chi connectivity index (χ2v) is 6.33. The van der Waals surface area contributed by atoms with E-state index in [1.807, 2.05) is 30.3 Å². The molecule has 0 bridgehead atoms. The van der Waals surface area contributed by atoms with Gasteiger partial charge < -0.3 is 5.11 Å². The molecule has 0 fully saturated rings. The minimum absolute atomic E-state index is 0.111. The molecule has 130 valence electrons. The van der Waals surface area contributed by atoms with E-state index < -0.39 is 0 Å². The first-order chi connectivity index (χ1) is 12.5. The molecule has 1 heterocycles. The third-order valence-electron chi connectivity index (χ3n) is 3.59. The summed E-state index contributed by atoms with van der Waals surface area (Å²) < 4.78 is 0. The highest BCUT2D eigenvalue weighted by Gasteiger charge is 2.17. The Morgan fingerprint density at radius 1 is 1.08 bits per heavy atom. The number of thiazole rings is 1. The second kappa shape index (κ2) is 7.76. The molecule has 1 N–H and O–H groups in total. The number of para-hydroxylation sites is 1. The number of aromatic hydroxyl groups is 1. The van der Waals surface area contributed by atoms with Gasteiger partial charge in [-0.1, -0.05) is 18.2 Å². The number of hydrogen-bond donors (Lipinski definition) is 1. The summed E-state index contributed by atoms with van der Waals surface area (Å²) in [6.45, 7) is 1.48. The van der Waals surface area contributed by atoms with Gasteiger partial charge in [0, 0.05) is 17.9 Å². The fourth-order valence-electron chi connectivity index (χ4n) is 2.34. The molecule has 0 saturated heterocycles. The van der Waals surface area contributed by atoms with Crippen molar-refractivity contribution in [1.82, 2.24) is 4.98 Å². The van der Waals surface area contributed by atoms with Crippen LogP contribution < -0.4 is 4.90 Å². The van der Waals surface area contributed by atoms with E-state index in [2.05, 4.69) is 4.98 Å². The minimum Gasteiger partial charge on any atom is -0.508 e. The predicted molar refractivity (Wildman–Crippen MR) is 103 cm³/mol. The predicted octanol–water partition coefficient (Wildman–Crippen LogP) is 4.43. The highest BCUT2D eigenvalue weighted by molar-refractivity contribution is 7.14. The molecule has 5 nitrogen and oxygen atoms in total. The zero-order chi connectivity index (χ0) is 18.5. The zero-order valence-corrected chi connectivity index (χ0v) is 14.8. The lowest BCUT2D eigenvalue weighted by molar-refractivity contribution is -0.115. The molecule has 26 heavy (non-hydrogen) atoms. The van der Waals surface area contributed by atoms with Gasteiger partial charge in [-0.15, -0.1) is 11.3 Å². The molecular weight excluding hydrogens is 348 g/mol. The Morgan fingerprint density at radius 2 is 1.77 bits per heavy atom. The number of anilines is 2. The van der Waals surface area contributed by atoms with Gasteiger partial charge in [0.05, 0.1) is 11.4 Å². The Hall–Kier alpha value is -3.25. The van der Waals surface area contributed by atoms with E-state index in [-0.39, 0.29) is 17.4 Å². The van der Waals surface area contributed by atoms with Crippen molar-refractivity contribution >= 4 is 39.9 Å². The van der Waals surface area contributed by atoms with Crippen molar-refractivity contribution in [3.8, 4) is 5.75 Å². The first kappa shape index (κ1) is 17.6. The van der Waals surface area contributed by atoms with Crippen LogP contribution in [0.15, 0.2) is 66.1 Å². The molecule has 3 aromatic rings. The lowest BCUT2D eigenvalue weighted by Crippen LogP contribution is -2.22. The maximum Gasteiger partial charge on any atom is 0.230 e. The van der Waals surface area contributed by atoms with Crippen LogP contribution in [0.25, 0.3) is 6.08 Å². The van der Waals surface area contributed by atoms with Crippen molar-refractivity contribution in [3.63, 3.8) is 0 Å². The number of rotatable bonds is 5. The van der Waals surface area contributed by atoms with Crippen LogP contribution in [-0.4, -0.2) is 21.8 Å². The van der Waals surface area contributed by atoms with Crippen molar-refractivity contribution in [2.75, 3.05) is 4.90 Å². The minimum atomic E-state index is -0.189. The first-order valence-corrected chi connectivity index (χ1v) is 8.75. The zero-order valence-electron chi connectivity index (χ0n) is 14.0.